The molecule has 0 saturated carbocycles. The molecule has 6 nitrogen and oxygen atoms in total. The Morgan fingerprint density at radius 2 is 1.54 bits per heavy atom. The summed E-state index contributed by atoms with van der Waals surface area (Å²) < 4.78 is 10.6. The Kier molecular flexibility index (Phi) is 7.90. The monoisotopic (exact) mass is 527 g/mol. The SMILES string of the molecule is COc1ccc(-c2nc(SC(C)C(=O)Nc3cc(Cl)ccc3Cl)[nH]c2-c2ccc(OC)cc2)cc1. The maximum atomic E-state index is 12.8. The molecule has 4 aromatic rings. The van der Waals surface area contributed by atoms with Crippen LogP contribution in [-0.2, 0) is 4.79 Å². The lowest BCUT2D eigenvalue weighted by Gasteiger charge is -2.12. The van der Waals surface area contributed by atoms with Crippen LogP contribution in [0.15, 0.2) is 71.9 Å². The van der Waals surface area contributed by atoms with Gasteiger partial charge in [-0.3, -0.25) is 4.79 Å². The van der Waals surface area contributed by atoms with Crippen LogP contribution in [0.5, 0.6) is 11.5 Å². The predicted octanol–water partition coefficient (Wildman–Crippen LogP) is 7.19. The first-order valence-corrected chi connectivity index (χ1v) is 12.3. The van der Waals surface area contributed by atoms with Crippen molar-refractivity contribution in [3.63, 3.8) is 0 Å². The third-order valence-electron chi connectivity index (χ3n) is 5.27. The van der Waals surface area contributed by atoms with Crippen molar-refractivity contribution in [3.05, 3.63) is 76.8 Å². The van der Waals surface area contributed by atoms with E-state index in [4.69, 9.17) is 37.7 Å². The van der Waals surface area contributed by atoms with Gasteiger partial charge in [0.2, 0.25) is 5.91 Å². The maximum Gasteiger partial charge on any atom is 0.237 e. The number of aromatic nitrogens is 2. The number of carbonyl (C=O) groups excluding carboxylic acids is 1. The van der Waals surface area contributed by atoms with Gasteiger partial charge in [0.25, 0.3) is 0 Å². The van der Waals surface area contributed by atoms with Crippen molar-refractivity contribution in [1.29, 1.82) is 0 Å². The molecule has 0 aliphatic carbocycles. The Morgan fingerprint density at radius 3 is 2.14 bits per heavy atom. The zero-order valence-corrected chi connectivity index (χ0v) is 21.6. The largest absolute Gasteiger partial charge is 0.497 e. The Labute approximate surface area is 218 Å². The van der Waals surface area contributed by atoms with Crippen LogP contribution in [-0.4, -0.2) is 35.3 Å². The molecule has 1 unspecified atom stereocenters. The van der Waals surface area contributed by atoms with Gasteiger partial charge in [-0.2, -0.15) is 0 Å². The third-order valence-corrected chi connectivity index (χ3v) is 6.82. The molecular weight excluding hydrogens is 505 g/mol. The summed E-state index contributed by atoms with van der Waals surface area (Å²) in [6.07, 6.45) is 0. The van der Waals surface area contributed by atoms with E-state index in [0.29, 0.717) is 20.9 Å². The second-order valence-corrected chi connectivity index (χ2v) is 9.77. The molecule has 35 heavy (non-hydrogen) atoms. The van der Waals surface area contributed by atoms with E-state index in [1.807, 2.05) is 48.5 Å². The molecule has 0 aliphatic heterocycles. The van der Waals surface area contributed by atoms with Crippen molar-refractivity contribution in [2.45, 2.75) is 17.3 Å². The summed E-state index contributed by atoms with van der Waals surface area (Å²) >= 11 is 13.5. The molecule has 3 aromatic carbocycles. The highest BCUT2D eigenvalue weighted by molar-refractivity contribution is 8.00. The average molecular weight is 528 g/mol. The van der Waals surface area contributed by atoms with E-state index in [9.17, 15) is 4.79 Å². The van der Waals surface area contributed by atoms with Crippen LogP contribution in [0.2, 0.25) is 10.0 Å². The second-order valence-electron chi connectivity index (χ2n) is 7.60. The number of thioether (sulfide) groups is 1. The van der Waals surface area contributed by atoms with Crippen molar-refractivity contribution in [3.8, 4) is 34.0 Å². The van der Waals surface area contributed by atoms with E-state index in [1.165, 1.54) is 11.8 Å². The third kappa shape index (κ3) is 5.93. The molecule has 0 radical (unpaired) electrons. The Morgan fingerprint density at radius 1 is 0.943 bits per heavy atom. The fraction of sp³-hybridized carbons (Fsp3) is 0.154. The first-order chi connectivity index (χ1) is 16.9. The second kappa shape index (κ2) is 11.1. The normalized spacial score (nSPS) is 11.7. The zero-order valence-electron chi connectivity index (χ0n) is 19.3. The van der Waals surface area contributed by atoms with Crippen LogP contribution in [0, 0.1) is 0 Å². The molecular formula is C26H23Cl2N3O3S. The van der Waals surface area contributed by atoms with Crippen molar-refractivity contribution < 1.29 is 14.3 Å². The Bertz CT molecular complexity index is 1260. The molecule has 9 heteroatoms. The van der Waals surface area contributed by atoms with Crippen LogP contribution < -0.4 is 14.8 Å². The maximum absolute atomic E-state index is 12.8. The summed E-state index contributed by atoms with van der Waals surface area (Å²) in [5.41, 5.74) is 3.94. The van der Waals surface area contributed by atoms with E-state index in [0.717, 1.165) is 34.0 Å². The summed E-state index contributed by atoms with van der Waals surface area (Å²) in [6.45, 7) is 1.81. The number of hydrogen-bond acceptors (Lipinski definition) is 5. The fourth-order valence-electron chi connectivity index (χ4n) is 3.38. The first-order valence-electron chi connectivity index (χ1n) is 10.7. The van der Waals surface area contributed by atoms with Crippen molar-refractivity contribution >= 4 is 46.6 Å². The number of imidazole rings is 1. The highest BCUT2D eigenvalue weighted by atomic mass is 35.5. The van der Waals surface area contributed by atoms with Crippen LogP contribution in [0.3, 0.4) is 0 Å². The minimum Gasteiger partial charge on any atom is -0.497 e. The van der Waals surface area contributed by atoms with E-state index in [-0.39, 0.29) is 5.91 Å². The van der Waals surface area contributed by atoms with E-state index in [2.05, 4.69) is 10.3 Å². The van der Waals surface area contributed by atoms with Crippen LogP contribution in [0.1, 0.15) is 6.92 Å². The molecule has 0 bridgehead atoms. The van der Waals surface area contributed by atoms with Gasteiger partial charge in [-0.05, 0) is 73.7 Å². The van der Waals surface area contributed by atoms with Gasteiger partial charge >= 0.3 is 0 Å². The lowest BCUT2D eigenvalue weighted by Crippen LogP contribution is -2.22. The number of nitrogens with one attached hydrogen (secondary N) is 2. The molecule has 1 amide bonds. The molecule has 4 rings (SSSR count). The number of anilines is 1. The number of amides is 1. The summed E-state index contributed by atoms with van der Waals surface area (Å²) in [5.74, 6) is 1.31. The highest BCUT2D eigenvalue weighted by Gasteiger charge is 2.21. The number of methoxy groups -OCH3 is 2. The minimum atomic E-state index is -0.455. The number of benzene rings is 3. The zero-order chi connectivity index (χ0) is 24.9. The minimum absolute atomic E-state index is 0.215. The molecule has 0 spiro atoms. The van der Waals surface area contributed by atoms with Gasteiger partial charge in [0.05, 0.1) is 41.6 Å². The van der Waals surface area contributed by atoms with E-state index < -0.39 is 5.25 Å². The molecule has 180 valence electrons. The molecule has 2 N–H and O–H groups in total. The standard InChI is InChI=1S/C26H23Cl2N3O3S/c1-15(25(32)29-22-14-18(27)8-13-21(22)28)35-26-30-23(16-4-9-19(33-2)10-5-16)24(31-26)17-6-11-20(34-3)12-7-17/h4-15H,1-3H3,(H,29,32)(H,30,31). The van der Waals surface area contributed by atoms with Gasteiger partial charge in [-0.25, -0.2) is 4.98 Å². The van der Waals surface area contributed by atoms with Crippen LogP contribution in [0.25, 0.3) is 22.5 Å². The number of rotatable bonds is 8. The smallest absolute Gasteiger partial charge is 0.237 e. The van der Waals surface area contributed by atoms with Crippen molar-refractivity contribution in [2.75, 3.05) is 19.5 Å². The number of carbonyl (C=O) groups is 1. The van der Waals surface area contributed by atoms with E-state index >= 15 is 0 Å². The van der Waals surface area contributed by atoms with Gasteiger partial charge in [0, 0.05) is 16.1 Å². The molecule has 0 aliphatic rings. The Hall–Kier alpha value is -3.13. The van der Waals surface area contributed by atoms with Gasteiger partial charge in [-0.15, -0.1) is 0 Å². The number of ether oxygens (including phenoxy) is 2. The summed E-state index contributed by atoms with van der Waals surface area (Å²) in [6, 6.07) is 20.3. The fourth-order valence-corrected chi connectivity index (χ4v) is 4.52. The number of nitrogens with zero attached hydrogens (tertiary/aromatic N) is 1. The topological polar surface area (TPSA) is 76.2 Å². The number of H-pyrrole nitrogens is 1. The molecule has 1 atom stereocenters. The summed E-state index contributed by atoms with van der Waals surface area (Å²) in [7, 11) is 3.26. The first kappa shape index (κ1) is 25.0. The average Bonchev–Trinajstić information content (AvgIpc) is 3.30. The quantitative estimate of drug-likeness (QED) is 0.237. The van der Waals surface area contributed by atoms with Gasteiger partial charge in [-0.1, -0.05) is 35.0 Å². The number of aromatic amines is 1. The lowest BCUT2D eigenvalue weighted by atomic mass is 10.0. The van der Waals surface area contributed by atoms with Gasteiger partial charge in [0.15, 0.2) is 5.16 Å². The van der Waals surface area contributed by atoms with E-state index in [1.54, 1.807) is 39.3 Å². The molecule has 1 heterocycles. The van der Waals surface area contributed by atoms with Gasteiger partial charge < -0.3 is 19.8 Å². The van der Waals surface area contributed by atoms with Crippen LogP contribution >= 0.6 is 35.0 Å². The molecule has 1 aromatic heterocycles. The lowest BCUT2D eigenvalue weighted by molar-refractivity contribution is -0.115. The van der Waals surface area contributed by atoms with Crippen molar-refractivity contribution in [1.82, 2.24) is 9.97 Å². The van der Waals surface area contributed by atoms with Gasteiger partial charge in [0.1, 0.15) is 11.5 Å². The van der Waals surface area contributed by atoms with Crippen LogP contribution in [0.4, 0.5) is 5.69 Å². The molecule has 0 fully saturated rings. The summed E-state index contributed by atoms with van der Waals surface area (Å²) in [5, 5.41) is 3.90. The number of hydrogen-bond donors (Lipinski definition) is 2. The molecule has 0 saturated heterocycles. The Balaban J connectivity index is 1.62. The predicted molar refractivity (Wildman–Crippen MR) is 143 cm³/mol. The summed E-state index contributed by atoms with van der Waals surface area (Å²) in [4.78, 5) is 21.1. The van der Waals surface area contributed by atoms with Crippen molar-refractivity contribution in [2.24, 2.45) is 0 Å². The number of halogens is 2. The highest BCUT2D eigenvalue weighted by Crippen LogP contribution is 2.35.